The van der Waals surface area contributed by atoms with Gasteiger partial charge in [-0.1, -0.05) is 0 Å². The van der Waals surface area contributed by atoms with Gasteiger partial charge < -0.3 is 26.5 Å². The molecular formula is C14H10BrF3MgO2. The average molecular weight is 371 g/mol. The summed E-state index contributed by atoms with van der Waals surface area (Å²) in [7, 11) is 0. The molecule has 0 heterocycles. The summed E-state index contributed by atoms with van der Waals surface area (Å²) >= 11 is 0. The van der Waals surface area contributed by atoms with Crippen molar-refractivity contribution in [3.05, 3.63) is 60.2 Å². The summed E-state index contributed by atoms with van der Waals surface area (Å²) in [5.74, 6) is 0.205. The predicted molar refractivity (Wildman–Crippen MR) is 68.5 cm³/mol. The van der Waals surface area contributed by atoms with Crippen LogP contribution < -0.4 is 26.5 Å². The molecular weight excluding hydrogens is 361 g/mol. The van der Waals surface area contributed by atoms with Crippen LogP contribution in [0.3, 0.4) is 0 Å². The number of halogens is 4. The van der Waals surface area contributed by atoms with Gasteiger partial charge in [0.2, 0.25) is 0 Å². The van der Waals surface area contributed by atoms with Crippen LogP contribution in [0, 0.1) is 6.07 Å². The molecule has 0 aromatic heterocycles. The molecule has 0 aliphatic carbocycles. The zero-order chi connectivity index (χ0) is 13.7. The van der Waals surface area contributed by atoms with Crippen molar-refractivity contribution in [2.24, 2.45) is 0 Å². The standard InChI is InChI=1S/C14H10F3O2.BrH.Mg/c15-14(16,17)19-13-8-6-12(7-9-13)18-10-11-4-2-1-3-5-11;;/h2-9H,10H2;1H;/q-1;;+2/p-1. The van der Waals surface area contributed by atoms with Gasteiger partial charge in [-0.2, -0.15) is 30.3 Å². The molecule has 0 atom stereocenters. The molecule has 0 N–H and O–H groups in total. The quantitative estimate of drug-likeness (QED) is 0.579. The fraction of sp³-hybridized carbons (Fsp3) is 0.143. The van der Waals surface area contributed by atoms with E-state index < -0.39 is 6.36 Å². The van der Waals surface area contributed by atoms with E-state index in [1.807, 2.05) is 12.1 Å². The summed E-state index contributed by atoms with van der Waals surface area (Å²) in [6.07, 6.45) is -4.68. The number of alkyl halides is 3. The molecule has 0 amide bonds. The number of rotatable bonds is 4. The van der Waals surface area contributed by atoms with Gasteiger partial charge >= 0.3 is 29.4 Å². The Kier molecular flexibility index (Phi) is 8.76. The van der Waals surface area contributed by atoms with E-state index in [0.29, 0.717) is 12.4 Å². The first kappa shape index (κ1) is 20.1. The van der Waals surface area contributed by atoms with Crippen LogP contribution in [0.5, 0.6) is 11.5 Å². The van der Waals surface area contributed by atoms with Crippen molar-refractivity contribution in [1.82, 2.24) is 0 Å². The van der Waals surface area contributed by atoms with Gasteiger partial charge in [-0.3, -0.25) is 0 Å². The Hall–Kier alpha value is -0.924. The number of hydrogen-bond donors (Lipinski definition) is 0. The van der Waals surface area contributed by atoms with Crippen LogP contribution in [-0.4, -0.2) is 29.4 Å². The predicted octanol–water partition coefficient (Wildman–Crippen LogP) is 0.588. The van der Waals surface area contributed by atoms with E-state index in [0.717, 1.165) is 5.56 Å². The van der Waals surface area contributed by atoms with Gasteiger partial charge in [0, 0.05) is 0 Å². The van der Waals surface area contributed by atoms with Crippen LogP contribution in [-0.2, 0) is 6.61 Å². The van der Waals surface area contributed by atoms with Crippen molar-refractivity contribution in [1.29, 1.82) is 0 Å². The molecule has 2 rings (SSSR count). The monoisotopic (exact) mass is 370 g/mol. The number of hydrogen-bond acceptors (Lipinski definition) is 2. The number of benzene rings is 2. The molecule has 108 valence electrons. The van der Waals surface area contributed by atoms with E-state index in [2.05, 4.69) is 10.8 Å². The fourth-order valence-corrected chi connectivity index (χ4v) is 1.42. The molecule has 0 spiro atoms. The molecule has 21 heavy (non-hydrogen) atoms. The minimum Gasteiger partial charge on any atom is -1.00 e. The van der Waals surface area contributed by atoms with Crippen LogP contribution in [0.2, 0.25) is 0 Å². The molecule has 2 aromatic rings. The Balaban J connectivity index is 0.00000200. The molecule has 0 radical (unpaired) electrons. The van der Waals surface area contributed by atoms with Crippen molar-refractivity contribution in [2.45, 2.75) is 13.0 Å². The summed E-state index contributed by atoms with van der Waals surface area (Å²) in [5.41, 5.74) is 0.953. The maximum absolute atomic E-state index is 12.0. The second kappa shape index (κ2) is 9.17. The second-order valence-electron chi connectivity index (χ2n) is 3.72. The third kappa shape index (κ3) is 7.59. The first-order valence-corrected chi connectivity index (χ1v) is 5.46. The Morgan fingerprint density at radius 3 is 1.95 bits per heavy atom. The van der Waals surface area contributed by atoms with Gasteiger partial charge in [0.15, 0.2) is 0 Å². The molecule has 0 saturated heterocycles. The zero-order valence-corrected chi connectivity index (χ0v) is 13.9. The van der Waals surface area contributed by atoms with Crippen molar-refractivity contribution in [3.8, 4) is 11.5 Å². The smallest absolute Gasteiger partial charge is 1.00 e. The average Bonchev–Trinajstić information content (AvgIpc) is 2.37. The molecule has 7 heteroatoms. The van der Waals surface area contributed by atoms with Crippen molar-refractivity contribution >= 4 is 23.1 Å². The summed E-state index contributed by atoms with van der Waals surface area (Å²) in [4.78, 5) is 0. The van der Waals surface area contributed by atoms with Crippen LogP contribution in [0.1, 0.15) is 5.56 Å². The van der Waals surface area contributed by atoms with Crippen LogP contribution in [0.15, 0.2) is 48.5 Å². The SMILES string of the molecule is FC(F)(F)Oc1ccc(OCc2cc[c-]cc2)cc1.[Br-].[Mg+2]. The minimum atomic E-state index is -4.68. The van der Waals surface area contributed by atoms with Crippen LogP contribution in [0.25, 0.3) is 0 Å². The van der Waals surface area contributed by atoms with Gasteiger partial charge in [-0.15, -0.1) is 18.7 Å². The third-order valence-corrected chi connectivity index (χ3v) is 2.25. The van der Waals surface area contributed by atoms with Crippen molar-refractivity contribution < 1.29 is 39.6 Å². The zero-order valence-electron chi connectivity index (χ0n) is 10.9. The Morgan fingerprint density at radius 2 is 1.43 bits per heavy atom. The van der Waals surface area contributed by atoms with E-state index in [-0.39, 0.29) is 45.8 Å². The topological polar surface area (TPSA) is 18.5 Å². The summed E-state index contributed by atoms with van der Waals surface area (Å²) in [6, 6.07) is 15.4. The largest absolute Gasteiger partial charge is 2.00 e. The van der Waals surface area contributed by atoms with Gasteiger partial charge in [0.1, 0.15) is 11.5 Å². The first-order chi connectivity index (χ1) is 9.03. The summed E-state index contributed by atoms with van der Waals surface area (Å²) < 4.78 is 45.1. The summed E-state index contributed by atoms with van der Waals surface area (Å²) in [5, 5.41) is 0. The van der Waals surface area contributed by atoms with E-state index in [1.54, 1.807) is 12.1 Å². The molecule has 0 aliphatic heterocycles. The maximum atomic E-state index is 12.0. The van der Waals surface area contributed by atoms with Gasteiger partial charge in [0.25, 0.3) is 0 Å². The number of ether oxygens (including phenoxy) is 2. The Labute approximate surface area is 147 Å². The van der Waals surface area contributed by atoms with E-state index in [9.17, 15) is 13.2 Å². The van der Waals surface area contributed by atoms with E-state index >= 15 is 0 Å². The Morgan fingerprint density at radius 1 is 0.905 bits per heavy atom. The normalized spacial score (nSPS) is 10.0. The molecule has 0 bridgehead atoms. The molecule has 0 unspecified atom stereocenters. The van der Waals surface area contributed by atoms with Crippen LogP contribution in [0.4, 0.5) is 13.2 Å². The van der Waals surface area contributed by atoms with Crippen molar-refractivity contribution in [3.63, 3.8) is 0 Å². The van der Waals surface area contributed by atoms with Gasteiger partial charge in [-0.05, 0) is 24.3 Å². The molecule has 0 aliphatic rings. The van der Waals surface area contributed by atoms with Crippen LogP contribution >= 0.6 is 0 Å². The van der Waals surface area contributed by atoms with E-state index in [1.165, 1.54) is 24.3 Å². The summed E-state index contributed by atoms with van der Waals surface area (Å²) in [6.45, 7) is 0.341. The van der Waals surface area contributed by atoms with Gasteiger partial charge in [-0.25, -0.2) is 0 Å². The Bertz CT molecular complexity index is 518. The van der Waals surface area contributed by atoms with Crippen molar-refractivity contribution in [2.75, 3.05) is 0 Å². The molecule has 0 fully saturated rings. The fourth-order valence-electron chi connectivity index (χ4n) is 1.42. The maximum Gasteiger partial charge on any atom is 2.00 e. The van der Waals surface area contributed by atoms with Gasteiger partial charge in [0.05, 0.1) is 6.61 Å². The minimum absolute atomic E-state index is 0. The third-order valence-electron chi connectivity index (χ3n) is 2.25. The van der Waals surface area contributed by atoms with E-state index in [4.69, 9.17) is 4.74 Å². The molecule has 0 saturated carbocycles. The first-order valence-electron chi connectivity index (χ1n) is 5.46. The molecule has 2 aromatic carbocycles. The molecule has 2 nitrogen and oxygen atoms in total. The second-order valence-corrected chi connectivity index (χ2v) is 3.72.